The number of amides is 3. The highest BCUT2D eigenvalue weighted by Gasteiger charge is 2.30. The maximum Gasteiger partial charge on any atom is 0.319 e. The first kappa shape index (κ1) is 20.2. The van der Waals surface area contributed by atoms with Crippen LogP contribution < -0.4 is 20.7 Å². The van der Waals surface area contributed by atoms with Crippen LogP contribution in [0.5, 0.6) is 5.75 Å². The van der Waals surface area contributed by atoms with Gasteiger partial charge in [-0.15, -0.1) is 0 Å². The molecule has 4 N–H and O–H groups in total. The Morgan fingerprint density at radius 2 is 1.93 bits per heavy atom. The monoisotopic (exact) mass is 389 g/mol. The number of hydrogen-bond donors (Lipinski definition) is 4. The summed E-state index contributed by atoms with van der Waals surface area (Å²) in [5, 5.41) is 18.1. The van der Waals surface area contributed by atoms with Crippen molar-refractivity contribution in [3.63, 3.8) is 0 Å². The lowest BCUT2D eigenvalue weighted by atomic mass is 9.93. The van der Waals surface area contributed by atoms with E-state index >= 15 is 0 Å². The molecule has 1 heterocycles. The summed E-state index contributed by atoms with van der Waals surface area (Å²) in [5.41, 5.74) is 0.616. The van der Waals surface area contributed by atoms with E-state index in [9.17, 15) is 14.7 Å². The molecule has 0 radical (unpaired) electrons. The van der Waals surface area contributed by atoms with Gasteiger partial charge in [0.15, 0.2) is 0 Å². The molecule has 152 valence electrons. The van der Waals surface area contributed by atoms with Crippen molar-refractivity contribution in [1.82, 2.24) is 10.6 Å². The van der Waals surface area contributed by atoms with Crippen molar-refractivity contribution in [1.29, 1.82) is 0 Å². The quantitative estimate of drug-likeness (QED) is 0.529. The minimum Gasteiger partial charge on any atom is -0.497 e. The number of urea groups is 1. The maximum absolute atomic E-state index is 12.2. The van der Waals surface area contributed by atoms with E-state index in [4.69, 9.17) is 9.47 Å². The highest BCUT2D eigenvalue weighted by atomic mass is 16.5. The summed E-state index contributed by atoms with van der Waals surface area (Å²) in [4.78, 5) is 24.3. The van der Waals surface area contributed by atoms with Crippen molar-refractivity contribution >= 4 is 17.6 Å². The molecular weight excluding hydrogens is 362 g/mol. The lowest BCUT2D eigenvalue weighted by Crippen LogP contribution is -2.50. The third-order valence-electron chi connectivity index (χ3n) is 4.97. The van der Waals surface area contributed by atoms with Gasteiger partial charge in [0.25, 0.3) is 0 Å². The van der Waals surface area contributed by atoms with Crippen LogP contribution in [0.4, 0.5) is 10.5 Å². The summed E-state index contributed by atoms with van der Waals surface area (Å²) < 4.78 is 10.9. The number of ether oxygens (including phenoxy) is 2. The summed E-state index contributed by atoms with van der Waals surface area (Å²) in [5.74, 6) is 0.641. The lowest BCUT2D eigenvalue weighted by molar-refractivity contribution is -0.126. The van der Waals surface area contributed by atoms with Crippen LogP contribution in [0.15, 0.2) is 36.4 Å². The Morgan fingerprint density at radius 1 is 1.18 bits per heavy atom. The molecule has 3 rings (SSSR count). The van der Waals surface area contributed by atoms with E-state index in [0.29, 0.717) is 11.4 Å². The van der Waals surface area contributed by atoms with Gasteiger partial charge in [-0.05, 0) is 43.5 Å². The molecule has 8 nitrogen and oxygen atoms in total. The van der Waals surface area contributed by atoms with Gasteiger partial charge in [-0.2, -0.15) is 0 Å². The molecule has 1 aliphatic carbocycles. The molecule has 3 atom stereocenters. The molecule has 1 aromatic carbocycles. The van der Waals surface area contributed by atoms with Gasteiger partial charge in [0, 0.05) is 11.7 Å². The summed E-state index contributed by atoms with van der Waals surface area (Å²) >= 11 is 0. The van der Waals surface area contributed by atoms with Crippen molar-refractivity contribution in [3.05, 3.63) is 36.4 Å². The normalized spacial score (nSPS) is 24.1. The van der Waals surface area contributed by atoms with Crippen molar-refractivity contribution < 1.29 is 24.2 Å². The molecule has 28 heavy (non-hydrogen) atoms. The van der Waals surface area contributed by atoms with Crippen molar-refractivity contribution in [2.45, 2.75) is 50.0 Å². The molecule has 1 saturated carbocycles. The fourth-order valence-electron chi connectivity index (χ4n) is 3.15. The van der Waals surface area contributed by atoms with Gasteiger partial charge in [0.1, 0.15) is 11.9 Å². The van der Waals surface area contributed by atoms with E-state index in [1.807, 2.05) is 0 Å². The van der Waals surface area contributed by atoms with Gasteiger partial charge in [0.05, 0.1) is 32.3 Å². The van der Waals surface area contributed by atoms with Gasteiger partial charge >= 0.3 is 6.03 Å². The number of benzene rings is 1. The predicted molar refractivity (Wildman–Crippen MR) is 104 cm³/mol. The fraction of sp³-hybridized carbons (Fsp3) is 0.500. The molecule has 2 aliphatic rings. The van der Waals surface area contributed by atoms with Gasteiger partial charge in [-0.25, -0.2) is 4.79 Å². The highest BCUT2D eigenvalue weighted by Crippen LogP contribution is 2.20. The Morgan fingerprint density at radius 3 is 2.54 bits per heavy atom. The highest BCUT2D eigenvalue weighted by molar-refractivity contribution is 5.89. The number of carbonyl (C=O) groups excluding carboxylic acids is 2. The van der Waals surface area contributed by atoms with Crippen molar-refractivity contribution in [2.75, 3.05) is 19.0 Å². The predicted octanol–water partition coefficient (Wildman–Crippen LogP) is 1.56. The Bertz CT molecular complexity index is 702. The van der Waals surface area contributed by atoms with E-state index in [2.05, 4.69) is 16.0 Å². The number of carbonyl (C=O) groups is 2. The molecule has 0 unspecified atom stereocenters. The third kappa shape index (κ3) is 5.46. The van der Waals surface area contributed by atoms with Gasteiger partial charge in [-0.1, -0.05) is 12.2 Å². The summed E-state index contributed by atoms with van der Waals surface area (Å²) in [6.45, 7) is -0.265. The van der Waals surface area contributed by atoms with Crippen molar-refractivity contribution in [2.24, 2.45) is 0 Å². The zero-order valence-electron chi connectivity index (χ0n) is 15.9. The maximum atomic E-state index is 12.2. The van der Waals surface area contributed by atoms with E-state index in [0.717, 1.165) is 19.3 Å². The molecule has 0 bridgehead atoms. The molecule has 8 heteroatoms. The first-order chi connectivity index (χ1) is 13.6. The minimum atomic E-state index is -0.617. The minimum absolute atomic E-state index is 0.0558. The van der Waals surface area contributed by atoms with Crippen LogP contribution in [-0.2, 0) is 9.53 Å². The Hall–Kier alpha value is -2.58. The average Bonchev–Trinajstić information content (AvgIpc) is 2.66. The number of aliphatic hydroxyl groups is 1. The number of hydrogen-bond acceptors (Lipinski definition) is 5. The van der Waals surface area contributed by atoms with E-state index in [1.54, 1.807) is 43.5 Å². The van der Waals surface area contributed by atoms with Crippen LogP contribution in [0, 0.1) is 0 Å². The van der Waals surface area contributed by atoms with Gasteiger partial charge in [-0.3, -0.25) is 4.79 Å². The molecule has 0 spiro atoms. The van der Waals surface area contributed by atoms with Crippen LogP contribution in [-0.4, -0.2) is 55.1 Å². The van der Waals surface area contributed by atoms with E-state index in [1.165, 1.54) is 0 Å². The second-order valence-electron chi connectivity index (χ2n) is 7.03. The van der Waals surface area contributed by atoms with Gasteiger partial charge in [0.2, 0.25) is 5.91 Å². The van der Waals surface area contributed by atoms with Crippen molar-refractivity contribution in [3.8, 4) is 5.75 Å². The van der Waals surface area contributed by atoms with E-state index in [-0.39, 0.29) is 25.0 Å². The zero-order chi connectivity index (χ0) is 19.9. The largest absolute Gasteiger partial charge is 0.497 e. The van der Waals surface area contributed by atoms with Crippen LogP contribution in [0.1, 0.15) is 25.7 Å². The molecule has 1 aromatic rings. The molecule has 3 amide bonds. The second-order valence-corrected chi connectivity index (χ2v) is 7.03. The number of aliphatic hydroxyl groups excluding tert-OH is 1. The zero-order valence-corrected chi connectivity index (χ0v) is 15.9. The number of rotatable bonds is 7. The first-order valence-corrected chi connectivity index (χ1v) is 9.53. The molecule has 0 aromatic heterocycles. The second kappa shape index (κ2) is 9.57. The van der Waals surface area contributed by atoms with Crippen LogP contribution in [0.25, 0.3) is 0 Å². The van der Waals surface area contributed by atoms with Gasteiger partial charge < -0.3 is 30.5 Å². The smallest absolute Gasteiger partial charge is 0.319 e. The standard InChI is InChI=1S/C20H27N3O5/c1-27-15-7-5-14(6-8-15)22-20(26)23-17-10-9-16(28-18(17)12-24)11-19(25)21-13-3-2-4-13/h5-10,13,16-18,24H,2-4,11-12H2,1H3,(H,21,25)(H2,22,23,26)/t16-,17+,18+/m0/s1. The number of anilines is 1. The topological polar surface area (TPSA) is 109 Å². The summed E-state index contributed by atoms with van der Waals surface area (Å²) in [6.07, 6.45) is 5.90. The molecule has 0 saturated heterocycles. The lowest BCUT2D eigenvalue weighted by Gasteiger charge is -2.32. The first-order valence-electron chi connectivity index (χ1n) is 9.53. The summed E-state index contributed by atoms with van der Waals surface area (Å²) in [6, 6.07) is 6.32. The number of methoxy groups -OCH3 is 1. The van der Waals surface area contributed by atoms with Crippen LogP contribution >= 0.6 is 0 Å². The van der Waals surface area contributed by atoms with Crippen LogP contribution in [0.2, 0.25) is 0 Å². The van der Waals surface area contributed by atoms with Crippen LogP contribution in [0.3, 0.4) is 0 Å². The summed E-state index contributed by atoms with van der Waals surface area (Å²) in [7, 11) is 1.57. The fourth-order valence-corrected chi connectivity index (χ4v) is 3.15. The molecular formula is C20H27N3O5. The molecule has 1 aliphatic heterocycles. The Balaban J connectivity index is 1.49. The Labute approximate surface area is 164 Å². The Kier molecular flexibility index (Phi) is 6.89. The average molecular weight is 389 g/mol. The molecule has 1 fully saturated rings. The number of nitrogens with one attached hydrogen (secondary N) is 3. The third-order valence-corrected chi connectivity index (χ3v) is 4.97. The SMILES string of the molecule is COc1ccc(NC(=O)N[C@@H]2C=C[C@@H](CC(=O)NC3CCC3)O[C@@H]2CO)cc1. The van der Waals surface area contributed by atoms with E-state index < -0.39 is 24.3 Å².